The Kier molecular flexibility index (Phi) is 3.80. The van der Waals surface area contributed by atoms with Gasteiger partial charge in [-0.1, -0.05) is 18.2 Å². The maximum atomic E-state index is 13.2. The fourth-order valence-electron chi connectivity index (χ4n) is 1.31. The van der Waals surface area contributed by atoms with Crippen molar-refractivity contribution in [2.75, 3.05) is 7.05 Å². The molecule has 1 aromatic carbocycles. The molecule has 1 rings (SSSR count). The average molecular weight is 210 g/mol. The summed E-state index contributed by atoms with van der Waals surface area (Å²) >= 11 is 0. The number of likely N-dealkylation sites (N-methyl/N-ethyl adjacent to an activating group) is 1. The molecular formula is C11H15FN2O. The summed E-state index contributed by atoms with van der Waals surface area (Å²) in [6.45, 7) is 1.85. The van der Waals surface area contributed by atoms with Gasteiger partial charge in [0.2, 0.25) is 5.91 Å². The molecular weight excluding hydrogens is 195 g/mol. The fourth-order valence-corrected chi connectivity index (χ4v) is 1.31. The first-order valence-corrected chi connectivity index (χ1v) is 4.76. The normalized spacial score (nSPS) is 12.3. The number of amides is 1. The average Bonchev–Trinajstić information content (AvgIpc) is 2.20. The molecule has 15 heavy (non-hydrogen) atoms. The Morgan fingerprint density at radius 3 is 2.67 bits per heavy atom. The molecule has 0 fully saturated rings. The molecule has 0 aromatic heterocycles. The van der Waals surface area contributed by atoms with Crippen molar-refractivity contribution in [1.29, 1.82) is 0 Å². The van der Waals surface area contributed by atoms with Crippen LogP contribution in [0.4, 0.5) is 4.39 Å². The van der Waals surface area contributed by atoms with Gasteiger partial charge in [0.25, 0.3) is 0 Å². The third-order valence-corrected chi connectivity index (χ3v) is 2.13. The second-order valence-electron chi connectivity index (χ2n) is 3.57. The molecule has 1 atom stereocenters. The molecule has 2 N–H and O–H groups in total. The second-order valence-corrected chi connectivity index (χ2v) is 3.57. The van der Waals surface area contributed by atoms with E-state index in [0.717, 1.165) is 0 Å². The summed E-state index contributed by atoms with van der Waals surface area (Å²) in [6.07, 6.45) is 0. The van der Waals surface area contributed by atoms with Crippen LogP contribution in [0.3, 0.4) is 0 Å². The third kappa shape index (κ3) is 3.02. The van der Waals surface area contributed by atoms with Crippen LogP contribution in [0.1, 0.15) is 12.5 Å². The molecule has 3 nitrogen and oxygen atoms in total. The summed E-state index contributed by atoms with van der Waals surface area (Å²) in [4.78, 5) is 12.9. The zero-order chi connectivity index (χ0) is 11.4. The molecule has 0 spiro atoms. The van der Waals surface area contributed by atoms with Gasteiger partial charge in [-0.3, -0.25) is 4.79 Å². The highest BCUT2D eigenvalue weighted by Gasteiger charge is 2.14. The quantitative estimate of drug-likeness (QED) is 0.813. The van der Waals surface area contributed by atoms with Gasteiger partial charge >= 0.3 is 0 Å². The Hall–Kier alpha value is -1.42. The van der Waals surface area contributed by atoms with Gasteiger partial charge in [-0.2, -0.15) is 0 Å². The Balaban J connectivity index is 2.71. The van der Waals surface area contributed by atoms with E-state index in [0.29, 0.717) is 5.56 Å². The Labute approximate surface area is 88.7 Å². The molecule has 0 saturated carbocycles. The molecule has 0 bridgehead atoms. The van der Waals surface area contributed by atoms with Gasteiger partial charge in [-0.05, 0) is 13.0 Å². The molecule has 0 aliphatic rings. The Morgan fingerprint density at radius 2 is 2.13 bits per heavy atom. The van der Waals surface area contributed by atoms with E-state index in [9.17, 15) is 9.18 Å². The van der Waals surface area contributed by atoms with Gasteiger partial charge < -0.3 is 10.6 Å². The predicted octanol–water partition coefficient (Wildman–Crippen LogP) is 1.13. The van der Waals surface area contributed by atoms with Crippen molar-refractivity contribution in [3.63, 3.8) is 0 Å². The maximum absolute atomic E-state index is 13.2. The van der Waals surface area contributed by atoms with Gasteiger partial charge in [-0.15, -0.1) is 0 Å². The zero-order valence-electron chi connectivity index (χ0n) is 8.90. The van der Waals surface area contributed by atoms with Crippen molar-refractivity contribution in [2.45, 2.75) is 19.5 Å². The van der Waals surface area contributed by atoms with Crippen molar-refractivity contribution in [3.05, 3.63) is 35.6 Å². The number of nitrogens with two attached hydrogens (primary N) is 1. The summed E-state index contributed by atoms with van der Waals surface area (Å²) < 4.78 is 13.2. The smallest absolute Gasteiger partial charge is 0.239 e. The van der Waals surface area contributed by atoms with Crippen LogP contribution in [0.2, 0.25) is 0 Å². The molecule has 82 valence electrons. The highest BCUT2D eigenvalue weighted by atomic mass is 19.1. The number of carbonyl (C=O) groups is 1. The van der Waals surface area contributed by atoms with Crippen LogP contribution in [0, 0.1) is 5.82 Å². The van der Waals surface area contributed by atoms with Crippen LogP contribution < -0.4 is 5.73 Å². The van der Waals surface area contributed by atoms with Crippen LogP contribution in [-0.2, 0) is 11.3 Å². The van der Waals surface area contributed by atoms with Gasteiger partial charge in [0, 0.05) is 19.2 Å². The minimum absolute atomic E-state index is 0.196. The van der Waals surface area contributed by atoms with Crippen molar-refractivity contribution in [3.8, 4) is 0 Å². The largest absolute Gasteiger partial charge is 0.340 e. The van der Waals surface area contributed by atoms with Crippen molar-refractivity contribution in [1.82, 2.24) is 4.90 Å². The van der Waals surface area contributed by atoms with E-state index in [1.807, 2.05) is 0 Å². The lowest BCUT2D eigenvalue weighted by molar-refractivity contribution is -0.131. The Bertz CT molecular complexity index is 352. The first-order valence-electron chi connectivity index (χ1n) is 4.76. The maximum Gasteiger partial charge on any atom is 0.239 e. The number of benzene rings is 1. The number of hydrogen-bond donors (Lipinski definition) is 1. The topological polar surface area (TPSA) is 46.3 Å². The molecule has 0 radical (unpaired) electrons. The highest BCUT2D eigenvalue weighted by molar-refractivity contribution is 5.80. The van der Waals surface area contributed by atoms with Crippen molar-refractivity contribution < 1.29 is 9.18 Å². The van der Waals surface area contributed by atoms with Gasteiger partial charge in [0.1, 0.15) is 5.82 Å². The molecule has 4 heteroatoms. The standard InChI is InChI=1S/C11H15FN2O/c1-8(13)11(15)14(2)7-9-5-3-4-6-10(9)12/h3-6,8H,7,13H2,1-2H3. The summed E-state index contributed by atoms with van der Waals surface area (Å²) in [5, 5.41) is 0. The van der Waals surface area contributed by atoms with E-state index in [4.69, 9.17) is 5.73 Å². The number of halogens is 1. The van der Waals surface area contributed by atoms with Crippen LogP contribution >= 0.6 is 0 Å². The first kappa shape index (κ1) is 11.7. The van der Waals surface area contributed by atoms with E-state index < -0.39 is 6.04 Å². The highest BCUT2D eigenvalue weighted by Crippen LogP contribution is 2.09. The minimum Gasteiger partial charge on any atom is -0.340 e. The summed E-state index contributed by atoms with van der Waals surface area (Å²) in [5.41, 5.74) is 5.94. The second kappa shape index (κ2) is 4.89. The lowest BCUT2D eigenvalue weighted by Crippen LogP contribution is -2.39. The van der Waals surface area contributed by atoms with E-state index >= 15 is 0 Å². The van der Waals surface area contributed by atoms with E-state index in [-0.39, 0.29) is 18.3 Å². The predicted molar refractivity (Wildman–Crippen MR) is 56.5 cm³/mol. The molecule has 0 aliphatic carbocycles. The third-order valence-electron chi connectivity index (χ3n) is 2.13. The number of nitrogens with zero attached hydrogens (tertiary/aromatic N) is 1. The van der Waals surface area contributed by atoms with Crippen LogP contribution in [-0.4, -0.2) is 23.9 Å². The lowest BCUT2D eigenvalue weighted by Gasteiger charge is -2.19. The lowest BCUT2D eigenvalue weighted by atomic mass is 10.2. The number of carbonyl (C=O) groups excluding carboxylic acids is 1. The molecule has 0 heterocycles. The molecule has 0 aliphatic heterocycles. The zero-order valence-corrected chi connectivity index (χ0v) is 8.90. The van der Waals surface area contributed by atoms with Crippen LogP contribution in [0.5, 0.6) is 0 Å². The molecule has 1 unspecified atom stereocenters. The van der Waals surface area contributed by atoms with Gasteiger partial charge in [0.15, 0.2) is 0 Å². The summed E-state index contributed by atoms with van der Waals surface area (Å²) in [6, 6.07) is 5.83. The first-order chi connectivity index (χ1) is 7.02. The molecule has 1 amide bonds. The molecule has 1 aromatic rings. The number of rotatable bonds is 3. The van der Waals surface area contributed by atoms with Crippen LogP contribution in [0.25, 0.3) is 0 Å². The van der Waals surface area contributed by atoms with E-state index in [2.05, 4.69) is 0 Å². The van der Waals surface area contributed by atoms with Crippen molar-refractivity contribution >= 4 is 5.91 Å². The van der Waals surface area contributed by atoms with Gasteiger partial charge in [-0.25, -0.2) is 4.39 Å². The van der Waals surface area contributed by atoms with E-state index in [1.54, 1.807) is 32.2 Å². The number of hydrogen-bond acceptors (Lipinski definition) is 2. The van der Waals surface area contributed by atoms with Gasteiger partial charge in [0.05, 0.1) is 6.04 Å². The minimum atomic E-state index is -0.554. The Morgan fingerprint density at radius 1 is 1.53 bits per heavy atom. The fraction of sp³-hybridized carbons (Fsp3) is 0.364. The van der Waals surface area contributed by atoms with Crippen LogP contribution in [0.15, 0.2) is 24.3 Å². The summed E-state index contributed by atoms with van der Waals surface area (Å²) in [7, 11) is 1.61. The SMILES string of the molecule is CC(N)C(=O)N(C)Cc1ccccc1F. The molecule has 0 saturated heterocycles. The summed E-state index contributed by atoms with van der Waals surface area (Å²) in [5.74, 6) is -0.500. The van der Waals surface area contributed by atoms with E-state index in [1.165, 1.54) is 11.0 Å². The van der Waals surface area contributed by atoms with Crippen molar-refractivity contribution in [2.24, 2.45) is 5.73 Å². The monoisotopic (exact) mass is 210 g/mol.